The number of nitrogens with zero attached hydrogens (tertiary/aromatic N) is 2. The van der Waals surface area contributed by atoms with Crippen LogP contribution >= 0.6 is 11.8 Å². The van der Waals surface area contributed by atoms with Crippen LogP contribution < -0.4 is 4.74 Å². The Morgan fingerprint density at radius 2 is 1.86 bits per heavy atom. The molecular formula is C23H26N2O2S. The standard InChI is InChI=1S/C23H26N2O2S/c1-5-17-10-6-8-12-19(17)24-23-25(4)22(26)21(28-23)14-18-11-7-9-13-20(18)27-15-16(2)3/h6-14,16H,5,15H2,1-4H3/b21-14+,24-23?. The van der Waals surface area contributed by atoms with Gasteiger partial charge in [0.05, 0.1) is 17.2 Å². The average Bonchev–Trinajstić information content (AvgIpc) is 2.95. The van der Waals surface area contributed by atoms with Crippen LogP contribution in [-0.2, 0) is 11.2 Å². The van der Waals surface area contributed by atoms with Crippen molar-refractivity contribution in [3.05, 3.63) is 64.6 Å². The zero-order valence-corrected chi connectivity index (χ0v) is 17.6. The number of carbonyl (C=O) groups is 1. The molecule has 1 saturated heterocycles. The highest BCUT2D eigenvalue weighted by atomic mass is 32.2. The molecule has 1 fully saturated rings. The minimum Gasteiger partial charge on any atom is -0.493 e. The van der Waals surface area contributed by atoms with Gasteiger partial charge in [-0.05, 0) is 47.9 Å². The van der Waals surface area contributed by atoms with Crippen molar-refractivity contribution in [2.75, 3.05) is 13.7 Å². The summed E-state index contributed by atoms with van der Waals surface area (Å²) >= 11 is 1.40. The molecule has 1 aliphatic heterocycles. The number of para-hydroxylation sites is 2. The first-order valence-electron chi connectivity index (χ1n) is 9.55. The lowest BCUT2D eigenvalue weighted by Gasteiger charge is -2.11. The summed E-state index contributed by atoms with van der Waals surface area (Å²) in [5, 5.41) is 0.692. The minimum atomic E-state index is -0.0450. The number of aliphatic imine (C=N–C) groups is 1. The Hall–Kier alpha value is -2.53. The predicted molar refractivity (Wildman–Crippen MR) is 118 cm³/mol. The van der Waals surface area contributed by atoms with E-state index in [2.05, 4.69) is 26.8 Å². The molecule has 2 aromatic rings. The largest absolute Gasteiger partial charge is 0.493 e. The summed E-state index contributed by atoms with van der Waals surface area (Å²) in [6.07, 6.45) is 2.80. The van der Waals surface area contributed by atoms with Crippen molar-refractivity contribution < 1.29 is 9.53 Å². The summed E-state index contributed by atoms with van der Waals surface area (Å²) in [7, 11) is 1.77. The number of likely N-dealkylation sites (N-methyl/N-ethyl adjacent to an activating group) is 1. The lowest BCUT2D eigenvalue weighted by atomic mass is 10.1. The van der Waals surface area contributed by atoms with Crippen LogP contribution in [0.2, 0.25) is 0 Å². The van der Waals surface area contributed by atoms with E-state index in [1.54, 1.807) is 11.9 Å². The van der Waals surface area contributed by atoms with E-state index >= 15 is 0 Å². The van der Waals surface area contributed by atoms with Gasteiger partial charge in [-0.2, -0.15) is 0 Å². The molecule has 1 aliphatic rings. The molecule has 3 rings (SSSR count). The van der Waals surface area contributed by atoms with Crippen LogP contribution in [-0.4, -0.2) is 29.6 Å². The van der Waals surface area contributed by atoms with Crippen molar-refractivity contribution in [3.8, 4) is 5.75 Å². The SMILES string of the molecule is CCc1ccccc1N=C1S/C(=C/c2ccccc2OCC(C)C)C(=O)N1C. The van der Waals surface area contributed by atoms with Crippen LogP contribution in [0.4, 0.5) is 5.69 Å². The van der Waals surface area contributed by atoms with Crippen LogP contribution in [0.25, 0.3) is 6.08 Å². The Morgan fingerprint density at radius 3 is 2.61 bits per heavy atom. The van der Waals surface area contributed by atoms with Crippen LogP contribution in [0.1, 0.15) is 31.9 Å². The molecule has 0 bridgehead atoms. The molecule has 2 aromatic carbocycles. The molecule has 0 atom stereocenters. The first-order valence-corrected chi connectivity index (χ1v) is 10.4. The van der Waals surface area contributed by atoms with Crippen LogP contribution in [0.3, 0.4) is 0 Å². The van der Waals surface area contributed by atoms with E-state index in [0.717, 1.165) is 23.4 Å². The number of hydrogen-bond donors (Lipinski definition) is 0. The number of benzene rings is 2. The molecule has 1 heterocycles. The highest BCUT2D eigenvalue weighted by Crippen LogP contribution is 2.35. The normalized spacial score (nSPS) is 17.2. The van der Waals surface area contributed by atoms with Crippen molar-refractivity contribution >= 4 is 34.6 Å². The van der Waals surface area contributed by atoms with Crippen molar-refractivity contribution in [1.82, 2.24) is 4.90 Å². The topological polar surface area (TPSA) is 41.9 Å². The highest BCUT2D eigenvalue weighted by Gasteiger charge is 2.30. The van der Waals surface area contributed by atoms with E-state index in [0.29, 0.717) is 22.6 Å². The van der Waals surface area contributed by atoms with Gasteiger partial charge in [0, 0.05) is 12.6 Å². The molecule has 0 aliphatic carbocycles. The van der Waals surface area contributed by atoms with Crippen molar-refractivity contribution in [2.45, 2.75) is 27.2 Å². The van der Waals surface area contributed by atoms with Gasteiger partial charge in [-0.3, -0.25) is 9.69 Å². The van der Waals surface area contributed by atoms with Gasteiger partial charge in [0.15, 0.2) is 5.17 Å². The molecular weight excluding hydrogens is 368 g/mol. The fraction of sp³-hybridized carbons (Fsp3) is 0.304. The Balaban J connectivity index is 1.89. The third kappa shape index (κ3) is 4.65. The molecule has 4 nitrogen and oxygen atoms in total. The van der Waals surface area contributed by atoms with Gasteiger partial charge in [-0.1, -0.05) is 57.2 Å². The fourth-order valence-electron chi connectivity index (χ4n) is 2.80. The number of amides is 1. The van der Waals surface area contributed by atoms with Gasteiger partial charge < -0.3 is 4.74 Å². The molecule has 28 heavy (non-hydrogen) atoms. The van der Waals surface area contributed by atoms with Crippen molar-refractivity contribution in [3.63, 3.8) is 0 Å². The third-order valence-corrected chi connectivity index (χ3v) is 5.43. The fourth-order valence-corrected chi connectivity index (χ4v) is 3.77. The molecule has 146 valence electrons. The molecule has 0 aromatic heterocycles. The van der Waals surface area contributed by atoms with E-state index in [1.807, 2.05) is 48.5 Å². The van der Waals surface area contributed by atoms with Gasteiger partial charge in [0.25, 0.3) is 5.91 Å². The smallest absolute Gasteiger partial charge is 0.266 e. The number of carbonyl (C=O) groups excluding carboxylic acids is 1. The Bertz CT molecular complexity index is 918. The predicted octanol–water partition coefficient (Wildman–Crippen LogP) is 5.52. The van der Waals surface area contributed by atoms with Crippen LogP contribution in [0.15, 0.2) is 58.4 Å². The maximum atomic E-state index is 12.8. The Morgan fingerprint density at radius 1 is 1.14 bits per heavy atom. The summed E-state index contributed by atoms with van der Waals surface area (Å²) < 4.78 is 5.91. The van der Waals surface area contributed by atoms with Gasteiger partial charge in [0.1, 0.15) is 5.75 Å². The Kier molecular flexibility index (Phi) is 6.57. The number of rotatable bonds is 6. The van der Waals surface area contributed by atoms with Gasteiger partial charge in [0.2, 0.25) is 0 Å². The van der Waals surface area contributed by atoms with Crippen LogP contribution in [0, 0.1) is 5.92 Å². The highest BCUT2D eigenvalue weighted by molar-refractivity contribution is 8.18. The van der Waals surface area contributed by atoms with Gasteiger partial charge in [-0.15, -0.1) is 0 Å². The average molecular weight is 395 g/mol. The minimum absolute atomic E-state index is 0.0450. The summed E-state index contributed by atoms with van der Waals surface area (Å²) in [5.41, 5.74) is 2.98. The van der Waals surface area contributed by atoms with E-state index in [9.17, 15) is 4.79 Å². The van der Waals surface area contributed by atoms with E-state index in [-0.39, 0.29) is 5.91 Å². The molecule has 0 unspecified atom stereocenters. The van der Waals surface area contributed by atoms with E-state index < -0.39 is 0 Å². The maximum absolute atomic E-state index is 12.8. The van der Waals surface area contributed by atoms with Gasteiger partial charge >= 0.3 is 0 Å². The summed E-state index contributed by atoms with van der Waals surface area (Å²) in [6.45, 7) is 6.98. The number of aryl methyl sites for hydroxylation is 1. The first kappa shape index (κ1) is 20.2. The first-order chi connectivity index (χ1) is 13.5. The van der Waals surface area contributed by atoms with Crippen molar-refractivity contribution in [2.24, 2.45) is 10.9 Å². The number of thioether (sulfide) groups is 1. The molecule has 5 heteroatoms. The second-order valence-electron chi connectivity index (χ2n) is 7.09. The number of ether oxygens (including phenoxy) is 1. The zero-order valence-electron chi connectivity index (χ0n) is 16.8. The zero-order chi connectivity index (χ0) is 20.1. The van der Waals surface area contributed by atoms with Crippen LogP contribution in [0.5, 0.6) is 5.75 Å². The van der Waals surface area contributed by atoms with E-state index in [4.69, 9.17) is 9.73 Å². The Labute approximate surface area is 171 Å². The molecule has 0 N–H and O–H groups in total. The summed E-state index contributed by atoms with van der Waals surface area (Å²) in [5.74, 6) is 1.18. The maximum Gasteiger partial charge on any atom is 0.266 e. The monoisotopic (exact) mass is 394 g/mol. The molecule has 0 spiro atoms. The quantitative estimate of drug-likeness (QED) is 0.606. The number of hydrogen-bond acceptors (Lipinski definition) is 4. The molecule has 0 saturated carbocycles. The van der Waals surface area contributed by atoms with Gasteiger partial charge in [-0.25, -0.2) is 4.99 Å². The molecule has 1 amide bonds. The third-order valence-electron chi connectivity index (χ3n) is 4.37. The lowest BCUT2D eigenvalue weighted by Crippen LogP contribution is -2.23. The number of amidine groups is 1. The van der Waals surface area contributed by atoms with Crippen molar-refractivity contribution in [1.29, 1.82) is 0 Å². The van der Waals surface area contributed by atoms with E-state index in [1.165, 1.54) is 17.3 Å². The second-order valence-corrected chi connectivity index (χ2v) is 8.10. The molecule has 0 radical (unpaired) electrons. The summed E-state index contributed by atoms with van der Waals surface area (Å²) in [6, 6.07) is 15.9. The second kappa shape index (κ2) is 9.11. The summed E-state index contributed by atoms with van der Waals surface area (Å²) in [4.78, 5) is 19.8. The lowest BCUT2D eigenvalue weighted by molar-refractivity contribution is -0.121.